The quantitative estimate of drug-likeness (QED) is 0.174. The van der Waals surface area contributed by atoms with Gasteiger partial charge in [-0.05, 0) is 97.6 Å². The van der Waals surface area contributed by atoms with Crippen LogP contribution in [0, 0.1) is 6.92 Å². The Morgan fingerprint density at radius 2 is 0.982 bits per heavy atom. The van der Waals surface area contributed by atoms with Crippen LogP contribution in [0.5, 0.6) is 0 Å². The first-order valence-electron chi connectivity index (χ1n) is 19.4. The maximum atomic E-state index is 2.56. The second kappa shape index (κ2) is 11.9. The predicted molar refractivity (Wildman–Crippen MR) is 238 cm³/mol. The van der Waals surface area contributed by atoms with Crippen molar-refractivity contribution in [3.05, 3.63) is 222 Å². The molecule has 1 aromatic heterocycles. The molecule has 0 unspecified atom stereocenters. The summed E-state index contributed by atoms with van der Waals surface area (Å²) < 4.78 is 2.64. The van der Waals surface area contributed by atoms with Gasteiger partial charge < -0.3 is 4.90 Å². The Hall–Kier alpha value is -6.74. The minimum Gasteiger partial charge on any atom is -0.308 e. The normalized spacial score (nSPS) is 13.2. The fourth-order valence-corrected chi connectivity index (χ4v) is 11.4. The molecule has 0 radical (unpaired) electrons. The van der Waals surface area contributed by atoms with E-state index in [2.05, 4.69) is 206 Å². The van der Waals surface area contributed by atoms with Gasteiger partial charge in [-0.1, -0.05) is 170 Å². The molecule has 1 nitrogen and oxygen atoms in total. The number of hydrogen-bond donors (Lipinski definition) is 0. The average molecular weight is 730 g/mol. The summed E-state index contributed by atoms with van der Waals surface area (Å²) in [6.07, 6.45) is 0. The highest BCUT2D eigenvalue weighted by Crippen LogP contribution is 2.63. The van der Waals surface area contributed by atoms with E-state index in [4.69, 9.17) is 0 Å². The number of rotatable bonds is 4. The lowest BCUT2D eigenvalue weighted by molar-refractivity contribution is 0.793. The fraction of sp³-hybridized carbons (Fsp3) is 0.0370. The number of nitrogens with zero attached hydrogens (tertiary/aromatic N) is 1. The van der Waals surface area contributed by atoms with Gasteiger partial charge in [0.05, 0.1) is 21.5 Å². The van der Waals surface area contributed by atoms with Crippen LogP contribution in [0.2, 0.25) is 0 Å². The zero-order chi connectivity index (χ0) is 37.0. The highest BCUT2D eigenvalue weighted by molar-refractivity contribution is 7.26. The number of thiophene rings is 1. The predicted octanol–water partition coefficient (Wildman–Crippen LogP) is 15.0. The standard InChI is InChI=1S/C54H35NS/c1-34-16-15-25-44-51-39-21-6-5-19-36(39)32-50(53(51)56-52(34)44)55(49-29-14-10-20-38(49)35-17-3-2-4-18-35)37-30-31-43-42-24-9-13-28-47(42)54(48(43)33-37)45-26-11-7-22-40(45)41-23-8-12-27-46(41)54/h2-33H,1H3. The van der Waals surface area contributed by atoms with E-state index in [0.717, 1.165) is 11.4 Å². The van der Waals surface area contributed by atoms with Gasteiger partial charge in [0.25, 0.3) is 0 Å². The van der Waals surface area contributed by atoms with Crippen molar-refractivity contribution in [1.82, 2.24) is 0 Å². The Kier molecular flexibility index (Phi) is 6.70. The van der Waals surface area contributed by atoms with E-state index >= 15 is 0 Å². The van der Waals surface area contributed by atoms with Gasteiger partial charge in [-0.3, -0.25) is 0 Å². The minimum absolute atomic E-state index is 0.437. The number of aryl methyl sites for hydroxylation is 1. The van der Waals surface area contributed by atoms with Crippen molar-refractivity contribution in [2.45, 2.75) is 12.3 Å². The first-order chi connectivity index (χ1) is 27.7. The molecule has 9 aromatic carbocycles. The third-order valence-corrected chi connectivity index (χ3v) is 13.7. The van der Waals surface area contributed by atoms with Gasteiger partial charge in [0, 0.05) is 26.7 Å². The van der Waals surface area contributed by atoms with Crippen molar-refractivity contribution in [3.8, 4) is 33.4 Å². The van der Waals surface area contributed by atoms with Gasteiger partial charge in [0.1, 0.15) is 0 Å². The Labute approximate surface area is 330 Å². The molecule has 0 aliphatic heterocycles. The molecule has 262 valence electrons. The zero-order valence-corrected chi connectivity index (χ0v) is 31.6. The number of anilines is 3. The van der Waals surface area contributed by atoms with Crippen molar-refractivity contribution in [1.29, 1.82) is 0 Å². The van der Waals surface area contributed by atoms with Crippen LogP contribution >= 0.6 is 11.3 Å². The highest BCUT2D eigenvalue weighted by Gasteiger charge is 2.51. The summed E-state index contributed by atoms with van der Waals surface area (Å²) >= 11 is 1.92. The Morgan fingerprint density at radius 1 is 0.411 bits per heavy atom. The topological polar surface area (TPSA) is 3.24 Å². The lowest BCUT2D eigenvalue weighted by Crippen LogP contribution is -2.26. The lowest BCUT2D eigenvalue weighted by atomic mass is 9.70. The van der Waals surface area contributed by atoms with E-state index in [-0.39, 0.29) is 0 Å². The van der Waals surface area contributed by atoms with Crippen molar-refractivity contribution in [2.75, 3.05) is 4.90 Å². The molecule has 2 heteroatoms. The van der Waals surface area contributed by atoms with Crippen LogP contribution in [0.25, 0.3) is 64.3 Å². The number of fused-ring (bicyclic) bond motifs is 15. The first kappa shape index (κ1) is 31.6. The maximum Gasteiger partial charge on any atom is 0.0726 e. The van der Waals surface area contributed by atoms with Crippen LogP contribution in [0.3, 0.4) is 0 Å². The van der Waals surface area contributed by atoms with Gasteiger partial charge in [-0.15, -0.1) is 11.3 Å². The van der Waals surface area contributed by atoms with Gasteiger partial charge in [0.15, 0.2) is 0 Å². The zero-order valence-electron chi connectivity index (χ0n) is 30.8. The Balaban J connectivity index is 1.22. The molecule has 0 saturated carbocycles. The Morgan fingerprint density at radius 3 is 1.70 bits per heavy atom. The molecule has 0 bridgehead atoms. The van der Waals surface area contributed by atoms with Crippen molar-refractivity contribution < 1.29 is 0 Å². The highest BCUT2D eigenvalue weighted by atomic mass is 32.1. The smallest absolute Gasteiger partial charge is 0.0726 e. The van der Waals surface area contributed by atoms with Crippen LogP contribution in [-0.4, -0.2) is 0 Å². The molecule has 10 aromatic rings. The largest absolute Gasteiger partial charge is 0.308 e. The fourth-order valence-electron chi connectivity index (χ4n) is 10.1. The molecule has 0 fully saturated rings. The second-order valence-electron chi connectivity index (χ2n) is 15.2. The molecule has 1 heterocycles. The molecule has 0 N–H and O–H groups in total. The second-order valence-corrected chi connectivity index (χ2v) is 16.2. The molecule has 12 rings (SSSR count). The number of benzene rings is 9. The van der Waals surface area contributed by atoms with Crippen molar-refractivity contribution in [2.24, 2.45) is 0 Å². The molecule has 0 saturated heterocycles. The summed E-state index contributed by atoms with van der Waals surface area (Å²) in [7, 11) is 0. The summed E-state index contributed by atoms with van der Waals surface area (Å²) in [4.78, 5) is 2.56. The van der Waals surface area contributed by atoms with Crippen LogP contribution < -0.4 is 4.90 Å². The van der Waals surface area contributed by atoms with E-state index in [1.165, 1.54) is 97.8 Å². The summed E-state index contributed by atoms with van der Waals surface area (Å²) in [5.41, 5.74) is 17.4. The van der Waals surface area contributed by atoms with E-state index in [9.17, 15) is 0 Å². The summed E-state index contributed by atoms with van der Waals surface area (Å²) in [5.74, 6) is 0. The van der Waals surface area contributed by atoms with Gasteiger partial charge >= 0.3 is 0 Å². The third kappa shape index (κ3) is 4.20. The summed E-state index contributed by atoms with van der Waals surface area (Å²) in [6, 6.07) is 72.5. The van der Waals surface area contributed by atoms with E-state index in [1.54, 1.807) is 0 Å². The van der Waals surface area contributed by atoms with E-state index < -0.39 is 5.41 Å². The van der Waals surface area contributed by atoms with Crippen LogP contribution in [0.15, 0.2) is 194 Å². The monoisotopic (exact) mass is 729 g/mol. The molecule has 2 aliphatic rings. The van der Waals surface area contributed by atoms with Gasteiger partial charge in [0.2, 0.25) is 0 Å². The van der Waals surface area contributed by atoms with Crippen LogP contribution in [0.4, 0.5) is 17.1 Å². The SMILES string of the molecule is Cc1cccc2c1sc1c(N(c3ccc4c(c3)C3(c5ccccc5-c5ccccc53)c3ccccc3-4)c3ccccc3-c3ccccc3)cc3ccccc3c12. The molecule has 1 spiro atoms. The van der Waals surface area contributed by atoms with Gasteiger partial charge in [-0.2, -0.15) is 0 Å². The molecular formula is C54H35NS. The van der Waals surface area contributed by atoms with Crippen molar-refractivity contribution >= 4 is 59.3 Å². The molecular weight excluding hydrogens is 695 g/mol. The molecule has 2 aliphatic carbocycles. The first-order valence-corrected chi connectivity index (χ1v) is 20.3. The maximum absolute atomic E-state index is 2.56. The van der Waals surface area contributed by atoms with Gasteiger partial charge in [-0.25, -0.2) is 0 Å². The third-order valence-electron chi connectivity index (χ3n) is 12.4. The Bertz CT molecular complexity index is 3160. The average Bonchev–Trinajstić information content (AvgIpc) is 3.90. The molecule has 56 heavy (non-hydrogen) atoms. The number of para-hydroxylation sites is 1. The minimum atomic E-state index is -0.437. The van der Waals surface area contributed by atoms with Crippen molar-refractivity contribution in [3.63, 3.8) is 0 Å². The van der Waals surface area contributed by atoms with E-state index in [0.29, 0.717) is 0 Å². The lowest BCUT2D eigenvalue weighted by Gasteiger charge is -2.33. The van der Waals surface area contributed by atoms with Crippen LogP contribution in [-0.2, 0) is 5.41 Å². The number of hydrogen-bond acceptors (Lipinski definition) is 2. The van der Waals surface area contributed by atoms with E-state index in [1.807, 2.05) is 11.3 Å². The molecule has 0 atom stereocenters. The van der Waals surface area contributed by atoms with Crippen LogP contribution in [0.1, 0.15) is 27.8 Å². The molecule has 0 amide bonds. The summed E-state index contributed by atoms with van der Waals surface area (Å²) in [5, 5.41) is 5.18. The summed E-state index contributed by atoms with van der Waals surface area (Å²) in [6.45, 7) is 2.25.